The summed E-state index contributed by atoms with van der Waals surface area (Å²) in [5.41, 5.74) is 1.44. The first kappa shape index (κ1) is 13.5. The summed E-state index contributed by atoms with van der Waals surface area (Å²) in [5, 5.41) is 0. The molecule has 0 unspecified atom stereocenters. The van der Waals surface area contributed by atoms with Gasteiger partial charge in [0.1, 0.15) is 0 Å². The van der Waals surface area contributed by atoms with Crippen molar-refractivity contribution in [3.05, 3.63) is 47.9 Å². The zero-order valence-corrected chi connectivity index (χ0v) is 11.6. The molecule has 0 aliphatic heterocycles. The lowest BCUT2D eigenvalue weighted by molar-refractivity contribution is 0.101. The van der Waals surface area contributed by atoms with Crippen molar-refractivity contribution in [1.82, 2.24) is 9.97 Å². The number of carbonyl (C=O) groups is 1. The summed E-state index contributed by atoms with van der Waals surface area (Å²) in [6.45, 7) is 2.02. The van der Waals surface area contributed by atoms with Gasteiger partial charge in [0.25, 0.3) is 0 Å². The molecule has 98 valence electrons. The normalized spacial score (nSPS) is 10.2. The van der Waals surface area contributed by atoms with Crippen molar-refractivity contribution in [2.75, 3.05) is 12.9 Å². The molecule has 0 fully saturated rings. The summed E-state index contributed by atoms with van der Waals surface area (Å²) in [6, 6.07) is 7.96. The molecule has 0 saturated heterocycles. The van der Waals surface area contributed by atoms with E-state index in [-0.39, 0.29) is 17.4 Å². The second-order valence-electron chi connectivity index (χ2n) is 3.89. The minimum atomic E-state index is -0.0850. The number of aryl methyl sites for hydroxylation is 1. The van der Waals surface area contributed by atoms with Crippen molar-refractivity contribution in [2.45, 2.75) is 11.8 Å². The van der Waals surface area contributed by atoms with Crippen LogP contribution in [0.3, 0.4) is 0 Å². The SMILES string of the molecule is COc1nccnc1C(=O)CSc1ccccc1C. The van der Waals surface area contributed by atoms with E-state index in [4.69, 9.17) is 4.74 Å². The van der Waals surface area contributed by atoms with E-state index in [1.54, 1.807) is 0 Å². The zero-order valence-electron chi connectivity index (χ0n) is 10.8. The van der Waals surface area contributed by atoms with Crippen LogP contribution in [0.4, 0.5) is 0 Å². The Balaban J connectivity index is 2.08. The number of carbonyl (C=O) groups excluding carboxylic acids is 1. The van der Waals surface area contributed by atoms with Gasteiger partial charge in [-0.2, -0.15) is 0 Å². The highest BCUT2D eigenvalue weighted by Crippen LogP contribution is 2.23. The Bertz CT molecular complexity index is 587. The first-order valence-corrected chi connectivity index (χ1v) is 6.77. The molecular formula is C14H14N2O2S. The summed E-state index contributed by atoms with van der Waals surface area (Å²) in [7, 11) is 1.48. The number of Topliss-reactive ketones (excluding diaryl/α,β-unsaturated/α-hetero) is 1. The van der Waals surface area contributed by atoms with Gasteiger partial charge in [-0.1, -0.05) is 18.2 Å². The molecule has 1 aromatic carbocycles. The van der Waals surface area contributed by atoms with Crippen LogP contribution in [-0.4, -0.2) is 28.6 Å². The molecule has 0 spiro atoms. The smallest absolute Gasteiger partial charge is 0.243 e. The Morgan fingerprint density at radius 2 is 2.00 bits per heavy atom. The second kappa shape index (κ2) is 6.33. The van der Waals surface area contributed by atoms with Crippen LogP contribution in [0.25, 0.3) is 0 Å². The molecule has 5 heteroatoms. The van der Waals surface area contributed by atoms with Gasteiger partial charge in [-0.3, -0.25) is 4.79 Å². The van der Waals surface area contributed by atoms with Gasteiger partial charge in [-0.15, -0.1) is 11.8 Å². The van der Waals surface area contributed by atoms with Gasteiger partial charge >= 0.3 is 0 Å². The molecule has 0 amide bonds. The average Bonchev–Trinajstić information content (AvgIpc) is 2.46. The molecule has 0 aliphatic rings. The molecule has 0 aliphatic carbocycles. The van der Waals surface area contributed by atoms with Crippen molar-refractivity contribution in [2.24, 2.45) is 0 Å². The van der Waals surface area contributed by atoms with Crippen LogP contribution in [0, 0.1) is 6.92 Å². The van der Waals surface area contributed by atoms with Crippen molar-refractivity contribution < 1.29 is 9.53 Å². The first-order valence-electron chi connectivity index (χ1n) is 5.79. The van der Waals surface area contributed by atoms with Gasteiger partial charge in [-0.25, -0.2) is 9.97 Å². The van der Waals surface area contributed by atoms with Crippen LogP contribution >= 0.6 is 11.8 Å². The summed E-state index contributed by atoms with van der Waals surface area (Å²) in [4.78, 5) is 21.2. The summed E-state index contributed by atoms with van der Waals surface area (Å²) < 4.78 is 5.04. The third-order valence-corrected chi connectivity index (χ3v) is 3.75. The molecule has 1 heterocycles. The van der Waals surface area contributed by atoms with Gasteiger partial charge in [0, 0.05) is 17.3 Å². The number of thioether (sulfide) groups is 1. The van der Waals surface area contributed by atoms with E-state index < -0.39 is 0 Å². The average molecular weight is 274 g/mol. The maximum Gasteiger partial charge on any atom is 0.243 e. The van der Waals surface area contributed by atoms with E-state index in [1.807, 2.05) is 31.2 Å². The van der Waals surface area contributed by atoms with Crippen LogP contribution in [0.5, 0.6) is 5.88 Å². The van der Waals surface area contributed by atoms with Crippen molar-refractivity contribution in [1.29, 1.82) is 0 Å². The second-order valence-corrected chi connectivity index (χ2v) is 4.91. The third kappa shape index (κ3) is 3.32. The Morgan fingerprint density at radius 1 is 1.26 bits per heavy atom. The predicted molar refractivity (Wildman–Crippen MR) is 74.8 cm³/mol. The third-order valence-electron chi connectivity index (χ3n) is 2.57. The van der Waals surface area contributed by atoms with Gasteiger partial charge in [0.05, 0.1) is 12.9 Å². The number of benzene rings is 1. The van der Waals surface area contributed by atoms with Crippen LogP contribution in [0.1, 0.15) is 16.1 Å². The van der Waals surface area contributed by atoms with E-state index in [9.17, 15) is 4.79 Å². The van der Waals surface area contributed by atoms with Crippen LogP contribution in [-0.2, 0) is 0 Å². The van der Waals surface area contributed by atoms with E-state index >= 15 is 0 Å². The zero-order chi connectivity index (χ0) is 13.7. The fraction of sp³-hybridized carbons (Fsp3) is 0.214. The van der Waals surface area contributed by atoms with Gasteiger partial charge in [0.15, 0.2) is 11.5 Å². The van der Waals surface area contributed by atoms with Crippen molar-refractivity contribution in [3.63, 3.8) is 0 Å². The maximum atomic E-state index is 12.1. The molecule has 0 radical (unpaired) electrons. The largest absolute Gasteiger partial charge is 0.479 e. The number of nitrogens with zero attached hydrogens (tertiary/aromatic N) is 2. The van der Waals surface area contributed by atoms with Crippen molar-refractivity contribution in [3.8, 4) is 5.88 Å². The molecular weight excluding hydrogens is 260 g/mol. The Labute approximate surface area is 116 Å². The predicted octanol–water partition coefficient (Wildman–Crippen LogP) is 2.77. The molecule has 4 nitrogen and oxygen atoms in total. The summed E-state index contributed by atoms with van der Waals surface area (Å²) in [5.74, 6) is 0.510. The van der Waals surface area contributed by atoms with Gasteiger partial charge < -0.3 is 4.74 Å². The lowest BCUT2D eigenvalue weighted by atomic mass is 10.2. The standard InChI is InChI=1S/C14H14N2O2S/c1-10-5-3-4-6-12(10)19-9-11(17)13-14(18-2)16-8-7-15-13/h3-8H,9H2,1-2H3. The van der Waals surface area contributed by atoms with Crippen LogP contribution in [0.15, 0.2) is 41.6 Å². The number of aromatic nitrogens is 2. The molecule has 2 rings (SSSR count). The van der Waals surface area contributed by atoms with Crippen molar-refractivity contribution >= 4 is 17.5 Å². The molecule has 0 N–H and O–H groups in total. The summed E-state index contributed by atoms with van der Waals surface area (Å²) >= 11 is 1.50. The quantitative estimate of drug-likeness (QED) is 0.620. The van der Waals surface area contributed by atoms with E-state index in [2.05, 4.69) is 9.97 Å². The Morgan fingerprint density at radius 3 is 2.74 bits per heavy atom. The molecule has 19 heavy (non-hydrogen) atoms. The lowest BCUT2D eigenvalue weighted by Crippen LogP contribution is -2.08. The number of ketones is 1. The van der Waals surface area contributed by atoms with E-state index in [1.165, 1.54) is 31.3 Å². The molecule has 1 aromatic heterocycles. The minimum Gasteiger partial charge on any atom is -0.479 e. The molecule has 0 atom stereocenters. The lowest BCUT2D eigenvalue weighted by Gasteiger charge is -2.06. The topological polar surface area (TPSA) is 52.1 Å². The molecule has 0 saturated carbocycles. The number of ether oxygens (including phenoxy) is 1. The highest BCUT2D eigenvalue weighted by atomic mass is 32.2. The minimum absolute atomic E-state index is 0.0850. The number of hydrogen-bond donors (Lipinski definition) is 0. The van der Waals surface area contributed by atoms with Crippen LogP contribution < -0.4 is 4.74 Å². The number of rotatable bonds is 5. The molecule has 2 aromatic rings. The van der Waals surface area contributed by atoms with E-state index in [0.717, 1.165) is 10.5 Å². The number of methoxy groups -OCH3 is 1. The molecule has 0 bridgehead atoms. The van der Waals surface area contributed by atoms with Gasteiger partial charge in [-0.05, 0) is 18.6 Å². The highest BCUT2D eigenvalue weighted by Gasteiger charge is 2.15. The summed E-state index contributed by atoms with van der Waals surface area (Å²) in [6.07, 6.45) is 3.00. The highest BCUT2D eigenvalue weighted by molar-refractivity contribution is 8.00. The number of hydrogen-bond acceptors (Lipinski definition) is 5. The van der Waals surface area contributed by atoms with E-state index in [0.29, 0.717) is 5.75 Å². The maximum absolute atomic E-state index is 12.1. The fourth-order valence-corrected chi connectivity index (χ4v) is 2.49. The Kier molecular flexibility index (Phi) is 4.52. The van der Waals surface area contributed by atoms with Crippen LogP contribution in [0.2, 0.25) is 0 Å². The fourth-order valence-electron chi connectivity index (χ4n) is 1.60. The van der Waals surface area contributed by atoms with Gasteiger partial charge in [0.2, 0.25) is 5.88 Å². The first-order chi connectivity index (χ1) is 9.22. The monoisotopic (exact) mass is 274 g/mol. The Hall–Kier alpha value is -1.88.